The number of carbonyl (C=O) groups excluding carboxylic acids is 1. The zero-order valence-electron chi connectivity index (χ0n) is 18.4. The summed E-state index contributed by atoms with van der Waals surface area (Å²) in [7, 11) is 0. The SMILES string of the molecule is CC(C)CNC(=O)[C@@]1(Cc2ccccc2-c2ccncc2)CCN(C2CCCC2)C1. The maximum atomic E-state index is 13.5. The minimum Gasteiger partial charge on any atom is -0.355 e. The molecule has 1 N–H and O–H groups in total. The fourth-order valence-corrected chi connectivity index (χ4v) is 5.23. The van der Waals surface area contributed by atoms with Gasteiger partial charge in [-0.1, -0.05) is 51.0 Å². The van der Waals surface area contributed by atoms with Gasteiger partial charge in [0.1, 0.15) is 0 Å². The molecule has 4 rings (SSSR count). The van der Waals surface area contributed by atoms with Gasteiger partial charge in [-0.2, -0.15) is 0 Å². The fraction of sp³-hybridized carbons (Fsp3) is 0.538. The maximum absolute atomic E-state index is 13.5. The van der Waals surface area contributed by atoms with Crippen molar-refractivity contribution < 1.29 is 4.79 Å². The van der Waals surface area contributed by atoms with Crippen LogP contribution in [0.3, 0.4) is 0 Å². The summed E-state index contributed by atoms with van der Waals surface area (Å²) in [6, 6.07) is 13.3. The van der Waals surface area contributed by atoms with Crippen LogP contribution in [-0.2, 0) is 11.2 Å². The number of likely N-dealkylation sites (tertiary alicyclic amines) is 1. The van der Waals surface area contributed by atoms with Crippen LogP contribution in [0.1, 0.15) is 51.5 Å². The Balaban J connectivity index is 1.62. The lowest BCUT2D eigenvalue weighted by Gasteiger charge is -2.31. The van der Waals surface area contributed by atoms with Gasteiger partial charge in [0, 0.05) is 31.5 Å². The summed E-state index contributed by atoms with van der Waals surface area (Å²) < 4.78 is 0. The summed E-state index contributed by atoms with van der Waals surface area (Å²) >= 11 is 0. The van der Waals surface area contributed by atoms with Gasteiger partial charge in [-0.3, -0.25) is 14.7 Å². The topological polar surface area (TPSA) is 45.2 Å². The lowest BCUT2D eigenvalue weighted by atomic mass is 9.78. The van der Waals surface area contributed by atoms with Crippen molar-refractivity contribution in [3.05, 3.63) is 54.4 Å². The molecule has 0 radical (unpaired) electrons. The highest BCUT2D eigenvalue weighted by Gasteiger charge is 2.46. The monoisotopic (exact) mass is 405 g/mol. The smallest absolute Gasteiger partial charge is 0.227 e. The van der Waals surface area contributed by atoms with Crippen LogP contribution in [-0.4, -0.2) is 41.5 Å². The second-order valence-corrected chi connectivity index (χ2v) is 9.61. The highest BCUT2D eigenvalue weighted by Crippen LogP contribution is 2.40. The van der Waals surface area contributed by atoms with Crippen molar-refractivity contribution in [2.45, 2.75) is 58.4 Å². The fourth-order valence-electron chi connectivity index (χ4n) is 5.23. The van der Waals surface area contributed by atoms with Crippen LogP contribution < -0.4 is 5.32 Å². The predicted octanol–water partition coefficient (Wildman–Crippen LogP) is 4.70. The molecule has 160 valence electrons. The highest BCUT2D eigenvalue weighted by atomic mass is 16.2. The molecule has 1 atom stereocenters. The van der Waals surface area contributed by atoms with E-state index in [-0.39, 0.29) is 11.3 Å². The Labute approximate surface area is 181 Å². The number of nitrogens with zero attached hydrogens (tertiary/aromatic N) is 2. The summed E-state index contributed by atoms with van der Waals surface area (Å²) in [5.41, 5.74) is 3.30. The molecule has 30 heavy (non-hydrogen) atoms. The highest BCUT2D eigenvalue weighted by molar-refractivity contribution is 5.84. The third-order valence-electron chi connectivity index (χ3n) is 6.91. The van der Waals surface area contributed by atoms with E-state index in [0.29, 0.717) is 12.0 Å². The van der Waals surface area contributed by atoms with E-state index in [9.17, 15) is 4.79 Å². The minimum absolute atomic E-state index is 0.237. The van der Waals surface area contributed by atoms with Gasteiger partial charge in [-0.25, -0.2) is 0 Å². The van der Waals surface area contributed by atoms with Crippen LogP contribution >= 0.6 is 0 Å². The normalized spacial score (nSPS) is 22.6. The Morgan fingerprint density at radius 3 is 2.63 bits per heavy atom. The molecule has 4 nitrogen and oxygen atoms in total. The number of hydrogen-bond donors (Lipinski definition) is 1. The molecule has 1 aromatic heterocycles. The van der Waals surface area contributed by atoms with Gasteiger partial charge in [-0.15, -0.1) is 0 Å². The molecule has 2 fully saturated rings. The first-order valence-corrected chi connectivity index (χ1v) is 11.6. The number of rotatable bonds is 7. The van der Waals surface area contributed by atoms with Crippen molar-refractivity contribution in [1.82, 2.24) is 15.2 Å². The van der Waals surface area contributed by atoms with Gasteiger partial charge in [0.05, 0.1) is 5.41 Å². The van der Waals surface area contributed by atoms with Gasteiger partial charge < -0.3 is 5.32 Å². The van der Waals surface area contributed by atoms with Crippen LogP contribution in [0.4, 0.5) is 0 Å². The van der Waals surface area contributed by atoms with Gasteiger partial charge in [-0.05, 0) is 67.0 Å². The largest absolute Gasteiger partial charge is 0.355 e. The summed E-state index contributed by atoms with van der Waals surface area (Å²) in [5, 5.41) is 3.28. The second-order valence-electron chi connectivity index (χ2n) is 9.61. The van der Waals surface area contributed by atoms with E-state index in [1.165, 1.54) is 42.4 Å². The minimum atomic E-state index is -0.347. The number of aromatic nitrogens is 1. The van der Waals surface area contributed by atoms with Crippen molar-refractivity contribution in [1.29, 1.82) is 0 Å². The van der Waals surface area contributed by atoms with Crippen LogP contribution in [0.5, 0.6) is 0 Å². The average molecular weight is 406 g/mol. The van der Waals surface area contributed by atoms with Gasteiger partial charge in [0.15, 0.2) is 0 Å². The Kier molecular flexibility index (Phi) is 6.52. The van der Waals surface area contributed by atoms with Gasteiger partial charge >= 0.3 is 0 Å². The molecule has 1 aromatic carbocycles. The predicted molar refractivity (Wildman–Crippen MR) is 122 cm³/mol. The van der Waals surface area contributed by atoms with Crippen LogP contribution in [0.15, 0.2) is 48.8 Å². The number of pyridine rings is 1. The number of nitrogens with one attached hydrogen (secondary N) is 1. The van der Waals surface area contributed by atoms with Crippen LogP contribution in [0.25, 0.3) is 11.1 Å². The number of carbonyl (C=O) groups is 1. The summed E-state index contributed by atoms with van der Waals surface area (Å²) in [6.45, 7) is 6.98. The zero-order chi connectivity index (χ0) is 21.0. The Morgan fingerprint density at radius 2 is 1.90 bits per heavy atom. The van der Waals surface area contributed by atoms with Crippen molar-refractivity contribution in [3.63, 3.8) is 0 Å². The van der Waals surface area contributed by atoms with E-state index in [4.69, 9.17) is 0 Å². The Bertz CT molecular complexity index is 844. The molecule has 4 heteroatoms. The summed E-state index contributed by atoms with van der Waals surface area (Å²) in [5.74, 6) is 0.698. The molecule has 0 bridgehead atoms. The molecule has 0 spiro atoms. The third-order valence-corrected chi connectivity index (χ3v) is 6.91. The van der Waals surface area contributed by atoms with E-state index in [2.05, 4.69) is 65.4 Å². The lowest BCUT2D eigenvalue weighted by Crippen LogP contribution is -2.46. The van der Waals surface area contributed by atoms with Gasteiger partial charge in [0.2, 0.25) is 5.91 Å². The third kappa shape index (κ3) is 4.59. The molecule has 1 aliphatic carbocycles. The Morgan fingerprint density at radius 1 is 1.17 bits per heavy atom. The second kappa shape index (κ2) is 9.30. The van der Waals surface area contributed by atoms with Crippen molar-refractivity contribution in [2.24, 2.45) is 11.3 Å². The summed E-state index contributed by atoms with van der Waals surface area (Å²) in [6.07, 6.45) is 10.7. The first-order chi connectivity index (χ1) is 14.6. The van der Waals surface area contributed by atoms with Crippen molar-refractivity contribution in [2.75, 3.05) is 19.6 Å². The number of amides is 1. The first-order valence-electron chi connectivity index (χ1n) is 11.6. The van der Waals surface area contributed by atoms with Crippen molar-refractivity contribution >= 4 is 5.91 Å². The first kappa shape index (κ1) is 21.0. The molecule has 2 aliphatic rings. The van der Waals surface area contributed by atoms with E-state index < -0.39 is 0 Å². The van der Waals surface area contributed by atoms with E-state index >= 15 is 0 Å². The molecule has 1 saturated heterocycles. The average Bonchev–Trinajstić information content (AvgIpc) is 3.44. The Hall–Kier alpha value is -2.20. The molecule has 2 heterocycles. The quantitative estimate of drug-likeness (QED) is 0.726. The summed E-state index contributed by atoms with van der Waals surface area (Å²) in [4.78, 5) is 20.3. The molecular formula is C26H35N3O. The standard InChI is InChI=1S/C26H35N3O/c1-20(2)18-28-25(30)26(13-16-29(19-26)23-8-4-5-9-23)17-22-7-3-6-10-24(22)21-11-14-27-15-12-21/h3,6-7,10-12,14-15,20,23H,4-5,8-9,13,16-19H2,1-2H3,(H,28,30)/t26-/m1/s1. The number of benzene rings is 1. The van der Waals surface area contributed by atoms with E-state index in [0.717, 1.165) is 32.5 Å². The van der Waals surface area contributed by atoms with Gasteiger partial charge in [0.25, 0.3) is 0 Å². The molecule has 2 aromatic rings. The number of hydrogen-bond acceptors (Lipinski definition) is 3. The zero-order valence-corrected chi connectivity index (χ0v) is 18.4. The molecular weight excluding hydrogens is 370 g/mol. The molecule has 0 unspecified atom stereocenters. The molecule has 1 saturated carbocycles. The van der Waals surface area contributed by atoms with E-state index in [1.54, 1.807) is 0 Å². The van der Waals surface area contributed by atoms with Crippen LogP contribution in [0, 0.1) is 11.3 Å². The van der Waals surface area contributed by atoms with Crippen LogP contribution in [0.2, 0.25) is 0 Å². The van der Waals surface area contributed by atoms with E-state index in [1.807, 2.05) is 12.4 Å². The lowest BCUT2D eigenvalue weighted by molar-refractivity contribution is -0.130. The maximum Gasteiger partial charge on any atom is 0.227 e. The molecule has 1 aliphatic heterocycles. The van der Waals surface area contributed by atoms with Crippen molar-refractivity contribution in [3.8, 4) is 11.1 Å². The molecule has 1 amide bonds.